The fourth-order valence-corrected chi connectivity index (χ4v) is 5.07. The first kappa shape index (κ1) is 19.9. The van der Waals surface area contributed by atoms with Crippen molar-refractivity contribution in [3.8, 4) is 0 Å². The Kier molecular flexibility index (Phi) is 5.58. The molecule has 3 N–H and O–H groups in total. The highest BCUT2D eigenvalue weighted by molar-refractivity contribution is 6.07. The number of nitrogens with zero attached hydrogens (tertiary/aromatic N) is 1. The lowest BCUT2D eigenvalue weighted by atomic mass is 9.73. The number of hydrogen-bond acceptors (Lipinski definition) is 3. The van der Waals surface area contributed by atoms with Gasteiger partial charge in [-0.05, 0) is 30.9 Å². The molecule has 2 heterocycles. The van der Waals surface area contributed by atoms with Gasteiger partial charge in [-0.2, -0.15) is 0 Å². The van der Waals surface area contributed by atoms with Gasteiger partial charge in [-0.25, -0.2) is 9.69 Å². The van der Waals surface area contributed by atoms with Gasteiger partial charge in [-0.15, -0.1) is 0 Å². The summed E-state index contributed by atoms with van der Waals surface area (Å²) in [6, 6.07) is 9.25. The summed E-state index contributed by atoms with van der Waals surface area (Å²) in [6.07, 6.45) is 5.36. The van der Waals surface area contributed by atoms with Gasteiger partial charge in [0.25, 0.3) is 5.91 Å². The summed E-state index contributed by atoms with van der Waals surface area (Å²) in [5.41, 5.74) is 0.126. The molecule has 2 aliphatic heterocycles. The molecule has 156 valence electrons. The average molecular weight is 400 g/mol. The minimum Gasteiger partial charge on any atom is -0.326 e. The van der Waals surface area contributed by atoms with Gasteiger partial charge in [0.05, 0.1) is 13.1 Å². The zero-order valence-corrected chi connectivity index (χ0v) is 17.1. The molecule has 0 unspecified atom stereocenters. The Morgan fingerprint density at radius 3 is 2.59 bits per heavy atom. The Balaban J connectivity index is 1.31. The lowest BCUT2D eigenvalue weighted by Gasteiger charge is -2.37. The number of anilines is 1. The lowest BCUT2D eigenvalue weighted by molar-refractivity contribution is -0.912. The molecular formula is C22H31N4O3+. The van der Waals surface area contributed by atoms with Gasteiger partial charge in [0.2, 0.25) is 5.91 Å². The van der Waals surface area contributed by atoms with E-state index < -0.39 is 5.54 Å². The van der Waals surface area contributed by atoms with E-state index in [2.05, 4.69) is 17.6 Å². The predicted molar refractivity (Wildman–Crippen MR) is 109 cm³/mol. The smallest absolute Gasteiger partial charge is 0.326 e. The molecule has 3 fully saturated rings. The Labute approximate surface area is 171 Å². The minimum absolute atomic E-state index is 0.0215. The third-order valence-electron chi connectivity index (χ3n) is 6.99. The topological polar surface area (TPSA) is 82.9 Å². The summed E-state index contributed by atoms with van der Waals surface area (Å²) in [7, 11) is 0. The number of piperidine rings is 1. The summed E-state index contributed by atoms with van der Waals surface area (Å²) < 4.78 is 0. The van der Waals surface area contributed by atoms with Crippen LogP contribution >= 0.6 is 0 Å². The van der Waals surface area contributed by atoms with Crippen LogP contribution in [0.5, 0.6) is 0 Å². The van der Waals surface area contributed by atoms with Crippen LogP contribution in [0.4, 0.5) is 10.5 Å². The third-order valence-corrected chi connectivity index (χ3v) is 6.99. The summed E-state index contributed by atoms with van der Waals surface area (Å²) in [4.78, 5) is 40.8. The maximum atomic E-state index is 13.1. The molecule has 29 heavy (non-hydrogen) atoms. The molecule has 0 aromatic heterocycles. The summed E-state index contributed by atoms with van der Waals surface area (Å²) in [6.45, 7) is 4.04. The van der Waals surface area contributed by atoms with Crippen molar-refractivity contribution in [1.82, 2.24) is 10.2 Å². The van der Waals surface area contributed by atoms with E-state index in [4.69, 9.17) is 0 Å². The van der Waals surface area contributed by atoms with E-state index in [1.165, 1.54) is 9.80 Å². The molecule has 1 aliphatic carbocycles. The predicted octanol–water partition coefficient (Wildman–Crippen LogP) is 1.38. The molecule has 3 aliphatic rings. The quantitative estimate of drug-likeness (QED) is 0.669. The van der Waals surface area contributed by atoms with E-state index in [0.717, 1.165) is 57.3 Å². The van der Waals surface area contributed by atoms with Crippen LogP contribution in [0.25, 0.3) is 0 Å². The molecule has 0 radical (unpaired) electrons. The Morgan fingerprint density at radius 2 is 1.90 bits per heavy atom. The number of carbonyl (C=O) groups is 3. The second-order valence-electron chi connectivity index (χ2n) is 8.82. The third kappa shape index (κ3) is 3.88. The number of urea groups is 1. The first-order valence-electron chi connectivity index (χ1n) is 10.8. The molecule has 4 rings (SSSR count). The summed E-state index contributed by atoms with van der Waals surface area (Å²) in [5.74, 6) is 0.165. The van der Waals surface area contributed by atoms with Gasteiger partial charge in [-0.3, -0.25) is 9.59 Å². The highest BCUT2D eigenvalue weighted by Crippen LogP contribution is 2.37. The molecule has 0 bridgehead atoms. The number of likely N-dealkylation sites (tertiary alicyclic amines) is 1. The van der Waals surface area contributed by atoms with Gasteiger partial charge >= 0.3 is 6.03 Å². The van der Waals surface area contributed by atoms with Crippen molar-refractivity contribution in [3.63, 3.8) is 0 Å². The highest BCUT2D eigenvalue weighted by Gasteiger charge is 2.55. The Hall–Kier alpha value is -2.41. The van der Waals surface area contributed by atoms with Crippen LogP contribution in [0.2, 0.25) is 0 Å². The molecule has 2 saturated heterocycles. The zero-order valence-electron chi connectivity index (χ0n) is 17.1. The normalized spacial score (nSPS) is 32.3. The van der Waals surface area contributed by atoms with E-state index in [1.807, 2.05) is 30.3 Å². The van der Waals surface area contributed by atoms with Crippen LogP contribution in [-0.2, 0) is 9.59 Å². The number of nitrogens with one attached hydrogen (secondary N) is 3. The van der Waals surface area contributed by atoms with Crippen LogP contribution in [0.15, 0.2) is 30.3 Å². The van der Waals surface area contributed by atoms with Crippen LogP contribution < -0.4 is 15.5 Å². The summed E-state index contributed by atoms with van der Waals surface area (Å²) >= 11 is 0. The minimum atomic E-state index is -0.692. The van der Waals surface area contributed by atoms with E-state index in [9.17, 15) is 14.4 Å². The van der Waals surface area contributed by atoms with Crippen LogP contribution in [0, 0.1) is 11.8 Å². The number of para-hydroxylation sites is 1. The lowest BCUT2D eigenvalue weighted by Crippen LogP contribution is -3.14. The van der Waals surface area contributed by atoms with E-state index in [-0.39, 0.29) is 29.7 Å². The average Bonchev–Trinajstić information content (AvgIpc) is 2.96. The number of rotatable bonds is 4. The van der Waals surface area contributed by atoms with Gasteiger partial charge in [0, 0.05) is 24.4 Å². The second-order valence-corrected chi connectivity index (χ2v) is 8.82. The first-order chi connectivity index (χ1) is 14.0. The molecule has 7 nitrogen and oxygen atoms in total. The highest BCUT2D eigenvalue weighted by atomic mass is 16.2. The van der Waals surface area contributed by atoms with Crippen molar-refractivity contribution in [2.45, 2.75) is 51.0 Å². The number of hydrogen-bond donors (Lipinski definition) is 3. The largest absolute Gasteiger partial charge is 0.329 e. The van der Waals surface area contributed by atoms with E-state index in [0.29, 0.717) is 6.67 Å². The van der Waals surface area contributed by atoms with Crippen LogP contribution in [-0.4, -0.2) is 48.0 Å². The summed E-state index contributed by atoms with van der Waals surface area (Å²) in [5, 5.41) is 6.00. The number of imide groups is 1. The molecule has 4 amide bonds. The Bertz CT molecular complexity index is 776. The maximum absolute atomic E-state index is 13.1. The molecule has 1 saturated carbocycles. The number of amides is 4. The molecule has 1 aromatic carbocycles. The fraction of sp³-hybridized carbons (Fsp3) is 0.591. The molecule has 1 spiro atoms. The maximum Gasteiger partial charge on any atom is 0.329 e. The van der Waals surface area contributed by atoms with Gasteiger partial charge in [0.1, 0.15) is 5.54 Å². The molecular weight excluding hydrogens is 368 g/mol. The molecule has 7 heteroatoms. The second kappa shape index (κ2) is 8.14. The van der Waals surface area contributed by atoms with Crippen molar-refractivity contribution >= 4 is 23.5 Å². The van der Waals surface area contributed by atoms with Gasteiger partial charge in [0.15, 0.2) is 6.67 Å². The van der Waals surface area contributed by atoms with Crippen molar-refractivity contribution in [2.75, 3.05) is 25.1 Å². The van der Waals surface area contributed by atoms with Gasteiger partial charge < -0.3 is 15.5 Å². The fourth-order valence-electron chi connectivity index (χ4n) is 5.07. The van der Waals surface area contributed by atoms with Crippen LogP contribution in [0.1, 0.15) is 45.4 Å². The van der Waals surface area contributed by atoms with Crippen LogP contribution in [0.3, 0.4) is 0 Å². The monoisotopic (exact) mass is 399 g/mol. The van der Waals surface area contributed by atoms with Crippen molar-refractivity contribution in [1.29, 1.82) is 0 Å². The van der Waals surface area contributed by atoms with Crippen molar-refractivity contribution in [2.24, 2.45) is 11.8 Å². The number of carbonyl (C=O) groups excluding carboxylic acids is 3. The number of quaternary nitrogens is 1. The number of benzene rings is 1. The first-order valence-corrected chi connectivity index (χ1v) is 10.8. The van der Waals surface area contributed by atoms with Gasteiger partial charge in [-0.1, -0.05) is 38.0 Å². The Morgan fingerprint density at radius 1 is 1.17 bits per heavy atom. The van der Waals surface area contributed by atoms with Crippen molar-refractivity contribution < 1.29 is 19.3 Å². The van der Waals surface area contributed by atoms with E-state index >= 15 is 0 Å². The molecule has 2 atom stereocenters. The van der Waals surface area contributed by atoms with Crippen molar-refractivity contribution in [3.05, 3.63) is 30.3 Å². The van der Waals surface area contributed by atoms with E-state index in [1.54, 1.807) is 0 Å². The zero-order chi connectivity index (χ0) is 20.4. The standard InChI is InChI=1S/C22H30N4O3/c1-16-7-5-6-12-22(16)20(28)26(21(29)24-22)15-25-13-10-17(11-14-25)19(27)23-18-8-3-2-4-9-18/h2-4,8-9,16-17H,5-7,10-15H2,1H3,(H,23,27)(H,24,29)/p+1/t16-,22+/m0/s1. The molecule has 1 aromatic rings. The SMILES string of the molecule is C[C@H]1CCCC[C@@]12NC(=O)N(C[NH+]1CCC(C(=O)Nc3ccccc3)CC1)C2=O.